The molecule has 0 aliphatic carbocycles. The van der Waals surface area contributed by atoms with Gasteiger partial charge in [-0.05, 0) is 38.8 Å². The number of hydrogen-bond acceptors (Lipinski definition) is 3. The molecule has 2 heterocycles. The van der Waals surface area contributed by atoms with E-state index in [1.165, 1.54) is 45.1 Å². The summed E-state index contributed by atoms with van der Waals surface area (Å²) < 4.78 is 0. The molecular weight excluding hydrogens is 238 g/mol. The molecule has 4 heteroatoms. The Hall–Kier alpha value is -0.610. The minimum Gasteiger partial charge on any atom is -0.342 e. The number of likely N-dealkylation sites (tertiary alicyclic amines) is 2. The predicted octanol–water partition coefficient (Wildman–Crippen LogP) is 1.46. The van der Waals surface area contributed by atoms with Crippen LogP contribution in [-0.2, 0) is 4.79 Å². The summed E-state index contributed by atoms with van der Waals surface area (Å²) in [5.74, 6) is 0.294. The van der Waals surface area contributed by atoms with E-state index >= 15 is 0 Å². The first-order valence-electron chi connectivity index (χ1n) is 8.04. The molecule has 1 amide bonds. The molecule has 0 spiro atoms. The van der Waals surface area contributed by atoms with E-state index < -0.39 is 0 Å². The van der Waals surface area contributed by atoms with Gasteiger partial charge in [-0.2, -0.15) is 0 Å². The maximum absolute atomic E-state index is 12.1. The maximum atomic E-state index is 12.1. The average molecular weight is 267 g/mol. The van der Waals surface area contributed by atoms with Crippen LogP contribution in [0.25, 0.3) is 0 Å². The first-order valence-corrected chi connectivity index (χ1v) is 8.04. The highest BCUT2D eigenvalue weighted by molar-refractivity contribution is 5.78. The molecule has 2 saturated heterocycles. The third-order valence-electron chi connectivity index (χ3n) is 4.52. The van der Waals surface area contributed by atoms with Crippen molar-refractivity contribution >= 4 is 5.91 Å². The molecule has 1 atom stereocenters. The van der Waals surface area contributed by atoms with Crippen LogP contribution in [0, 0.1) is 0 Å². The Bertz CT molecular complexity index is 275. The van der Waals surface area contributed by atoms with Gasteiger partial charge in [-0.25, -0.2) is 0 Å². The zero-order chi connectivity index (χ0) is 13.5. The molecule has 0 aromatic rings. The van der Waals surface area contributed by atoms with Crippen molar-refractivity contribution in [3.63, 3.8) is 0 Å². The first kappa shape index (κ1) is 14.8. The van der Waals surface area contributed by atoms with Crippen molar-refractivity contribution in [2.45, 2.75) is 51.5 Å². The molecule has 4 nitrogen and oxygen atoms in total. The SMILES string of the molecule is CCN1CCCC1CNCC(=O)N1CCCCCC1. The standard InChI is InChI=1S/C15H29N3O/c1-2-17-11-7-8-14(17)12-16-13-15(19)18-9-5-3-4-6-10-18/h14,16H,2-13H2,1H3. The van der Waals surface area contributed by atoms with E-state index in [9.17, 15) is 4.79 Å². The lowest BCUT2D eigenvalue weighted by atomic mass is 10.2. The van der Waals surface area contributed by atoms with Gasteiger partial charge in [0.05, 0.1) is 6.54 Å². The monoisotopic (exact) mass is 267 g/mol. The molecule has 0 aromatic carbocycles. The Morgan fingerprint density at radius 2 is 1.84 bits per heavy atom. The molecule has 0 radical (unpaired) electrons. The Labute approximate surface area is 117 Å². The van der Waals surface area contributed by atoms with Crippen LogP contribution in [0.2, 0.25) is 0 Å². The Morgan fingerprint density at radius 1 is 1.11 bits per heavy atom. The number of rotatable bonds is 5. The van der Waals surface area contributed by atoms with Crippen molar-refractivity contribution in [3.05, 3.63) is 0 Å². The van der Waals surface area contributed by atoms with Crippen molar-refractivity contribution in [1.82, 2.24) is 15.1 Å². The van der Waals surface area contributed by atoms with Crippen LogP contribution >= 0.6 is 0 Å². The number of carbonyl (C=O) groups excluding carboxylic acids is 1. The molecule has 0 aromatic heterocycles. The van der Waals surface area contributed by atoms with Crippen LogP contribution in [0.5, 0.6) is 0 Å². The van der Waals surface area contributed by atoms with Crippen LogP contribution in [0.1, 0.15) is 45.4 Å². The largest absolute Gasteiger partial charge is 0.342 e. The molecule has 2 aliphatic rings. The van der Waals surface area contributed by atoms with Gasteiger partial charge >= 0.3 is 0 Å². The lowest BCUT2D eigenvalue weighted by Gasteiger charge is -2.24. The molecule has 2 fully saturated rings. The highest BCUT2D eigenvalue weighted by Crippen LogP contribution is 2.15. The molecule has 1 unspecified atom stereocenters. The summed E-state index contributed by atoms with van der Waals surface area (Å²) >= 11 is 0. The fraction of sp³-hybridized carbons (Fsp3) is 0.933. The summed E-state index contributed by atoms with van der Waals surface area (Å²) in [6.45, 7) is 7.99. The lowest BCUT2D eigenvalue weighted by molar-refractivity contribution is -0.130. The van der Waals surface area contributed by atoms with Crippen LogP contribution in [-0.4, -0.2) is 61.0 Å². The van der Waals surface area contributed by atoms with Gasteiger partial charge in [0, 0.05) is 25.7 Å². The number of carbonyl (C=O) groups is 1. The average Bonchev–Trinajstić information content (AvgIpc) is 2.70. The quantitative estimate of drug-likeness (QED) is 0.819. The molecule has 0 saturated carbocycles. The number of nitrogens with zero attached hydrogens (tertiary/aromatic N) is 2. The lowest BCUT2D eigenvalue weighted by Crippen LogP contribution is -2.43. The van der Waals surface area contributed by atoms with E-state index in [2.05, 4.69) is 17.1 Å². The van der Waals surface area contributed by atoms with Crippen LogP contribution < -0.4 is 5.32 Å². The van der Waals surface area contributed by atoms with Gasteiger partial charge in [0.15, 0.2) is 0 Å². The minimum absolute atomic E-state index is 0.294. The second-order valence-corrected chi connectivity index (χ2v) is 5.85. The number of hydrogen-bond donors (Lipinski definition) is 1. The highest BCUT2D eigenvalue weighted by Gasteiger charge is 2.23. The molecule has 2 aliphatic heterocycles. The second-order valence-electron chi connectivity index (χ2n) is 5.85. The summed E-state index contributed by atoms with van der Waals surface area (Å²) in [7, 11) is 0. The normalized spacial score (nSPS) is 25.5. The van der Waals surface area contributed by atoms with Gasteiger partial charge in [-0.15, -0.1) is 0 Å². The van der Waals surface area contributed by atoms with Crippen molar-refractivity contribution in [1.29, 1.82) is 0 Å². The van der Waals surface area contributed by atoms with E-state index in [-0.39, 0.29) is 0 Å². The summed E-state index contributed by atoms with van der Waals surface area (Å²) in [5, 5.41) is 3.38. The van der Waals surface area contributed by atoms with Crippen LogP contribution in [0.3, 0.4) is 0 Å². The Balaban J connectivity index is 1.65. The topological polar surface area (TPSA) is 35.6 Å². The number of likely N-dealkylation sites (N-methyl/N-ethyl adjacent to an activating group) is 1. The highest BCUT2D eigenvalue weighted by atomic mass is 16.2. The van der Waals surface area contributed by atoms with Crippen molar-refractivity contribution in [2.24, 2.45) is 0 Å². The van der Waals surface area contributed by atoms with Crippen LogP contribution in [0.15, 0.2) is 0 Å². The summed E-state index contributed by atoms with van der Waals surface area (Å²) in [6, 6.07) is 0.641. The van der Waals surface area contributed by atoms with E-state index in [0.717, 1.165) is 26.2 Å². The van der Waals surface area contributed by atoms with Gasteiger partial charge in [-0.3, -0.25) is 9.69 Å². The third-order valence-corrected chi connectivity index (χ3v) is 4.52. The Kier molecular flexibility index (Phi) is 6.11. The summed E-state index contributed by atoms with van der Waals surface area (Å²) in [5.41, 5.74) is 0. The number of nitrogens with one attached hydrogen (secondary N) is 1. The number of amides is 1. The fourth-order valence-corrected chi connectivity index (χ4v) is 3.32. The van der Waals surface area contributed by atoms with E-state index in [1.807, 2.05) is 4.90 Å². The molecule has 1 N–H and O–H groups in total. The molecule has 19 heavy (non-hydrogen) atoms. The van der Waals surface area contributed by atoms with E-state index in [4.69, 9.17) is 0 Å². The molecule has 110 valence electrons. The third kappa shape index (κ3) is 4.46. The van der Waals surface area contributed by atoms with Crippen LogP contribution in [0.4, 0.5) is 0 Å². The van der Waals surface area contributed by atoms with E-state index in [1.54, 1.807) is 0 Å². The summed E-state index contributed by atoms with van der Waals surface area (Å²) in [6.07, 6.45) is 7.50. The van der Waals surface area contributed by atoms with Gasteiger partial charge < -0.3 is 10.2 Å². The van der Waals surface area contributed by atoms with E-state index in [0.29, 0.717) is 18.5 Å². The van der Waals surface area contributed by atoms with Gasteiger partial charge in [-0.1, -0.05) is 19.8 Å². The zero-order valence-corrected chi connectivity index (χ0v) is 12.4. The van der Waals surface area contributed by atoms with Crippen molar-refractivity contribution in [3.8, 4) is 0 Å². The molecule has 2 rings (SSSR count). The molecular formula is C15H29N3O. The van der Waals surface area contributed by atoms with Crippen molar-refractivity contribution in [2.75, 3.05) is 39.3 Å². The van der Waals surface area contributed by atoms with Gasteiger partial charge in [0.2, 0.25) is 5.91 Å². The van der Waals surface area contributed by atoms with Crippen molar-refractivity contribution < 1.29 is 4.79 Å². The second kappa shape index (κ2) is 7.85. The molecule has 0 bridgehead atoms. The Morgan fingerprint density at radius 3 is 2.53 bits per heavy atom. The zero-order valence-electron chi connectivity index (χ0n) is 12.4. The van der Waals surface area contributed by atoms with Gasteiger partial charge in [0.1, 0.15) is 0 Å². The fourth-order valence-electron chi connectivity index (χ4n) is 3.32. The first-order chi connectivity index (χ1) is 9.31. The summed E-state index contributed by atoms with van der Waals surface area (Å²) in [4.78, 5) is 16.7. The predicted molar refractivity (Wildman–Crippen MR) is 78.2 cm³/mol. The van der Waals surface area contributed by atoms with Gasteiger partial charge in [0.25, 0.3) is 0 Å². The smallest absolute Gasteiger partial charge is 0.236 e. The minimum atomic E-state index is 0.294. The maximum Gasteiger partial charge on any atom is 0.236 e.